The molecule has 0 aliphatic carbocycles. The molecule has 2 amide bonds. The number of benzene rings is 1. The van der Waals surface area contributed by atoms with E-state index in [0.717, 1.165) is 16.9 Å². The molecule has 2 atom stereocenters. The number of fused-ring (bicyclic) bond motifs is 1. The summed E-state index contributed by atoms with van der Waals surface area (Å²) in [5.74, 6) is 0.509. The monoisotopic (exact) mass is 441 g/mol. The molecule has 2 saturated heterocycles. The van der Waals surface area contributed by atoms with Gasteiger partial charge in [0, 0.05) is 29.7 Å². The molecule has 142 valence electrons. The number of aromatic nitrogens is 1. The van der Waals surface area contributed by atoms with Gasteiger partial charge in [0.05, 0.1) is 14.9 Å². The first kappa shape index (κ1) is 19.1. The van der Waals surface area contributed by atoms with Gasteiger partial charge in [0.25, 0.3) is 0 Å². The van der Waals surface area contributed by atoms with Crippen LogP contribution in [0.15, 0.2) is 24.4 Å². The van der Waals surface area contributed by atoms with Crippen LogP contribution in [0.1, 0.15) is 30.2 Å². The smallest absolute Gasteiger partial charge is 0.249 e. The lowest BCUT2D eigenvalue weighted by Crippen LogP contribution is -2.48. The van der Waals surface area contributed by atoms with Gasteiger partial charge in [0.2, 0.25) is 11.8 Å². The lowest BCUT2D eigenvalue weighted by Gasteiger charge is -2.29. The molecule has 27 heavy (non-hydrogen) atoms. The molecule has 1 N–H and O–H groups in total. The van der Waals surface area contributed by atoms with Gasteiger partial charge in [-0.05, 0) is 31.0 Å². The number of nitrogens with zero attached hydrogens (tertiary/aromatic N) is 2. The number of amides is 2. The van der Waals surface area contributed by atoms with E-state index >= 15 is 0 Å². The Labute approximate surface area is 175 Å². The number of anilines is 1. The summed E-state index contributed by atoms with van der Waals surface area (Å²) in [4.78, 5) is 31.7. The van der Waals surface area contributed by atoms with E-state index < -0.39 is 6.04 Å². The van der Waals surface area contributed by atoms with Gasteiger partial charge in [-0.3, -0.25) is 9.59 Å². The van der Waals surface area contributed by atoms with E-state index in [1.807, 2.05) is 19.1 Å². The van der Waals surface area contributed by atoms with Crippen LogP contribution < -0.4 is 5.32 Å². The van der Waals surface area contributed by atoms with Gasteiger partial charge in [0.1, 0.15) is 6.04 Å². The zero-order chi connectivity index (χ0) is 19.2. The maximum atomic E-state index is 12.7. The summed E-state index contributed by atoms with van der Waals surface area (Å²) in [7, 11) is 0. The number of rotatable bonds is 4. The Bertz CT molecular complexity index is 920. The zero-order valence-corrected chi connectivity index (χ0v) is 17.6. The third-order valence-corrected chi connectivity index (χ3v) is 8.05. The summed E-state index contributed by atoms with van der Waals surface area (Å²) in [6, 6.07) is 5.08. The Morgan fingerprint density at radius 1 is 1.41 bits per heavy atom. The van der Waals surface area contributed by atoms with Crippen molar-refractivity contribution in [2.75, 3.05) is 11.1 Å². The van der Waals surface area contributed by atoms with E-state index in [0.29, 0.717) is 33.8 Å². The second-order valence-electron chi connectivity index (χ2n) is 6.81. The standard InChI is InChI=1S/C18H17Cl2N3O2S2/c1-18-5-4-15(24)23(18)14(9-26-18)16(25)22-17-21-8-11(27-17)6-10-2-3-12(19)13(20)7-10/h2-3,7-8,14H,4-6,9H2,1H3,(H,21,22,25)/t14-,18+/m1/s1. The van der Waals surface area contributed by atoms with E-state index in [4.69, 9.17) is 23.2 Å². The Kier molecular flexibility index (Phi) is 5.14. The predicted octanol–water partition coefficient (Wildman–Crippen LogP) is 4.43. The number of nitrogens with one attached hydrogen (secondary N) is 1. The second-order valence-corrected chi connectivity index (χ2v) is 10.2. The minimum atomic E-state index is -0.433. The lowest BCUT2D eigenvalue weighted by molar-refractivity contribution is -0.135. The van der Waals surface area contributed by atoms with Crippen LogP contribution in [0.3, 0.4) is 0 Å². The summed E-state index contributed by atoms with van der Waals surface area (Å²) in [6.45, 7) is 2.04. The fraction of sp³-hybridized carbons (Fsp3) is 0.389. The molecule has 2 fully saturated rings. The van der Waals surface area contributed by atoms with E-state index in [2.05, 4.69) is 10.3 Å². The Morgan fingerprint density at radius 3 is 3.00 bits per heavy atom. The molecule has 3 heterocycles. The molecule has 0 unspecified atom stereocenters. The number of hydrogen-bond donors (Lipinski definition) is 1. The fourth-order valence-electron chi connectivity index (χ4n) is 3.50. The first-order valence-electron chi connectivity index (χ1n) is 8.51. The van der Waals surface area contributed by atoms with Gasteiger partial charge in [-0.25, -0.2) is 4.98 Å². The van der Waals surface area contributed by atoms with Crippen molar-refractivity contribution < 1.29 is 9.59 Å². The van der Waals surface area contributed by atoms with Crippen molar-refractivity contribution >= 4 is 63.2 Å². The van der Waals surface area contributed by atoms with Gasteiger partial charge < -0.3 is 10.2 Å². The van der Waals surface area contributed by atoms with Crippen molar-refractivity contribution in [3.63, 3.8) is 0 Å². The topological polar surface area (TPSA) is 62.3 Å². The molecule has 4 rings (SSSR count). The number of halogens is 2. The summed E-state index contributed by atoms with van der Waals surface area (Å²) >= 11 is 15.1. The number of thioether (sulfide) groups is 1. The van der Waals surface area contributed by atoms with Crippen LogP contribution in [0.2, 0.25) is 10.0 Å². The molecule has 1 aromatic heterocycles. The molecule has 2 aliphatic heterocycles. The van der Waals surface area contributed by atoms with Gasteiger partial charge in [-0.1, -0.05) is 29.3 Å². The summed E-state index contributed by atoms with van der Waals surface area (Å²) < 4.78 is 0. The maximum absolute atomic E-state index is 12.7. The maximum Gasteiger partial charge on any atom is 0.249 e. The van der Waals surface area contributed by atoms with Crippen molar-refractivity contribution in [3.05, 3.63) is 44.9 Å². The molecular weight excluding hydrogens is 425 g/mol. The summed E-state index contributed by atoms with van der Waals surface area (Å²) in [5, 5.41) is 4.46. The first-order chi connectivity index (χ1) is 12.9. The van der Waals surface area contributed by atoms with Gasteiger partial charge >= 0.3 is 0 Å². The quantitative estimate of drug-likeness (QED) is 0.761. The Hall–Kier alpha value is -1.28. The number of thiazole rings is 1. The minimum Gasteiger partial charge on any atom is -0.315 e. The molecule has 0 radical (unpaired) electrons. The molecule has 1 aromatic carbocycles. The zero-order valence-electron chi connectivity index (χ0n) is 14.5. The molecule has 0 spiro atoms. The summed E-state index contributed by atoms with van der Waals surface area (Å²) in [5.41, 5.74) is 1.02. The highest BCUT2D eigenvalue weighted by molar-refractivity contribution is 8.01. The van der Waals surface area contributed by atoms with Crippen molar-refractivity contribution in [1.29, 1.82) is 0 Å². The third-order valence-electron chi connectivity index (χ3n) is 4.89. The average Bonchev–Trinajstić information content (AvgIpc) is 3.27. The molecule has 5 nitrogen and oxygen atoms in total. The van der Waals surface area contributed by atoms with Crippen LogP contribution in [-0.2, 0) is 16.0 Å². The predicted molar refractivity (Wildman–Crippen MR) is 111 cm³/mol. The molecule has 2 aliphatic rings. The Morgan fingerprint density at radius 2 is 2.22 bits per heavy atom. The van der Waals surface area contributed by atoms with Crippen LogP contribution in [-0.4, -0.2) is 38.4 Å². The fourth-order valence-corrected chi connectivity index (χ4v) is 6.10. The van der Waals surface area contributed by atoms with Crippen molar-refractivity contribution in [2.45, 2.75) is 37.1 Å². The van der Waals surface area contributed by atoms with E-state index in [1.165, 1.54) is 11.3 Å². The van der Waals surface area contributed by atoms with Crippen molar-refractivity contribution in [1.82, 2.24) is 9.88 Å². The van der Waals surface area contributed by atoms with Crippen LogP contribution in [0.5, 0.6) is 0 Å². The van der Waals surface area contributed by atoms with Gasteiger partial charge in [0.15, 0.2) is 5.13 Å². The number of carbonyl (C=O) groups is 2. The first-order valence-corrected chi connectivity index (χ1v) is 11.1. The number of hydrogen-bond acceptors (Lipinski definition) is 5. The van der Waals surface area contributed by atoms with Crippen molar-refractivity contribution in [2.24, 2.45) is 0 Å². The third kappa shape index (κ3) is 3.70. The van der Waals surface area contributed by atoms with Crippen LogP contribution in [0.4, 0.5) is 5.13 Å². The van der Waals surface area contributed by atoms with Crippen LogP contribution in [0, 0.1) is 0 Å². The SMILES string of the molecule is C[C@]12CCC(=O)N1[C@@H](C(=O)Nc1ncc(Cc3ccc(Cl)c(Cl)c3)s1)CS2. The highest BCUT2D eigenvalue weighted by Gasteiger charge is 2.52. The molecule has 9 heteroatoms. The van der Waals surface area contributed by atoms with Crippen LogP contribution >= 0.6 is 46.3 Å². The molecule has 0 bridgehead atoms. The van der Waals surface area contributed by atoms with Gasteiger partial charge in [-0.2, -0.15) is 0 Å². The van der Waals surface area contributed by atoms with Gasteiger partial charge in [-0.15, -0.1) is 23.1 Å². The molecule has 2 aromatic rings. The van der Waals surface area contributed by atoms with E-state index in [9.17, 15) is 9.59 Å². The highest BCUT2D eigenvalue weighted by atomic mass is 35.5. The van der Waals surface area contributed by atoms with E-state index in [1.54, 1.807) is 28.9 Å². The second kappa shape index (κ2) is 7.28. The Balaban J connectivity index is 1.42. The molecular formula is C18H17Cl2N3O2S2. The largest absolute Gasteiger partial charge is 0.315 e. The minimum absolute atomic E-state index is 0.0575. The van der Waals surface area contributed by atoms with Crippen molar-refractivity contribution in [3.8, 4) is 0 Å². The van der Waals surface area contributed by atoms with Crippen LogP contribution in [0.25, 0.3) is 0 Å². The summed E-state index contributed by atoms with van der Waals surface area (Å²) in [6.07, 6.45) is 3.72. The normalized spacial score (nSPS) is 24.3. The molecule has 0 saturated carbocycles. The van der Waals surface area contributed by atoms with E-state index in [-0.39, 0.29) is 16.7 Å². The number of carbonyl (C=O) groups excluding carboxylic acids is 2. The highest BCUT2D eigenvalue weighted by Crippen LogP contribution is 2.47. The average molecular weight is 442 g/mol. The lowest BCUT2D eigenvalue weighted by atomic mass is 10.1.